The van der Waals surface area contributed by atoms with Gasteiger partial charge in [-0.25, -0.2) is 9.97 Å². The highest BCUT2D eigenvalue weighted by molar-refractivity contribution is 5.31. The van der Waals surface area contributed by atoms with Gasteiger partial charge in [0.1, 0.15) is 12.4 Å². The maximum absolute atomic E-state index is 10.4. The number of aromatic nitrogens is 6. The molecule has 0 radical (unpaired) electrons. The lowest BCUT2D eigenvalue weighted by atomic mass is 10.3. The number of nitrogens with one attached hydrogen (secondary N) is 2. The van der Waals surface area contributed by atoms with E-state index in [0.717, 1.165) is 12.4 Å². The average molecular weight is 236 g/mol. The van der Waals surface area contributed by atoms with Crippen LogP contribution in [0.1, 0.15) is 18.8 Å². The van der Waals surface area contributed by atoms with Gasteiger partial charge in [0.25, 0.3) is 0 Å². The number of aromatic amines is 1. The van der Waals surface area contributed by atoms with Gasteiger partial charge in [-0.1, -0.05) is 5.21 Å². The van der Waals surface area contributed by atoms with Crippen LogP contribution in [0.25, 0.3) is 0 Å². The van der Waals surface area contributed by atoms with Crippen LogP contribution < -0.4 is 5.32 Å². The van der Waals surface area contributed by atoms with Crippen molar-refractivity contribution in [3.63, 3.8) is 0 Å². The highest BCUT2D eigenvalue weighted by Gasteiger charge is 2.12. The summed E-state index contributed by atoms with van der Waals surface area (Å²) in [5.74, 6) is 0.708. The molecule has 0 saturated carbocycles. The van der Waals surface area contributed by atoms with Crippen molar-refractivity contribution in [2.24, 2.45) is 0 Å². The molecule has 0 fully saturated rings. The van der Waals surface area contributed by atoms with Gasteiger partial charge in [-0.15, -0.1) is 10.2 Å². The third-order valence-corrected chi connectivity index (χ3v) is 1.94. The second-order valence-electron chi connectivity index (χ2n) is 3.16. The minimum Gasteiger partial charge on any atom is -0.344 e. The van der Waals surface area contributed by atoms with Gasteiger partial charge in [-0.3, -0.25) is 10.1 Å². The molecule has 0 aromatic carbocycles. The third kappa shape index (κ3) is 2.48. The molecule has 2 N–H and O–H groups in total. The number of tetrazole rings is 1. The number of nitro groups is 1. The van der Waals surface area contributed by atoms with E-state index in [1.165, 1.54) is 0 Å². The second kappa shape index (κ2) is 4.47. The maximum atomic E-state index is 10.4. The Morgan fingerprint density at radius 1 is 1.47 bits per heavy atom. The predicted molar refractivity (Wildman–Crippen MR) is 54.9 cm³/mol. The Morgan fingerprint density at radius 3 is 2.71 bits per heavy atom. The summed E-state index contributed by atoms with van der Waals surface area (Å²) in [5.41, 5.74) is -0.164. The fraction of sp³-hybridized carbons (Fsp3) is 0.286. The van der Waals surface area contributed by atoms with E-state index in [2.05, 4.69) is 35.9 Å². The average Bonchev–Trinajstić information content (AvgIpc) is 2.83. The molecule has 2 aromatic heterocycles. The Hall–Kier alpha value is -2.65. The molecule has 88 valence electrons. The van der Waals surface area contributed by atoms with Crippen molar-refractivity contribution in [2.45, 2.75) is 13.0 Å². The molecule has 2 rings (SSSR count). The summed E-state index contributed by atoms with van der Waals surface area (Å²) in [4.78, 5) is 17.4. The molecule has 10 nitrogen and oxygen atoms in total. The zero-order chi connectivity index (χ0) is 12.3. The van der Waals surface area contributed by atoms with Crippen LogP contribution in [0, 0.1) is 10.1 Å². The van der Waals surface area contributed by atoms with Crippen LogP contribution in [0.2, 0.25) is 0 Å². The molecule has 1 atom stereocenters. The van der Waals surface area contributed by atoms with Crippen LogP contribution in [-0.2, 0) is 0 Å². The lowest BCUT2D eigenvalue weighted by molar-refractivity contribution is -0.385. The number of anilines is 1. The van der Waals surface area contributed by atoms with E-state index in [1.807, 2.05) is 0 Å². The molecule has 0 aliphatic heterocycles. The third-order valence-electron chi connectivity index (χ3n) is 1.94. The van der Waals surface area contributed by atoms with Crippen molar-refractivity contribution in [1.29, 1.82) is 0 Å². The van der Waals surface area contributed by atoms with Crippen molar-refractivity contribution in [1.82, 2.24) is 30.6 Å². The van der Waals surface area contributed by atoms with Crippen molar-refractivity contribution in [3.8, 4) is 0 Å². The van der Waals surface area contributed by atoms with E-state index in [9.17, 15) is 10.1 Å². The number of nitrogens with zero attached hydrogens (tertiary/aromatic N) is 6. The molecule has 10 heteroatoms. The SMILES string of the molecule is CC(Nc1ncc([N+](=O)[O-])cn1)c1nn[nH]n1. The lowest BCUT2D eigenvalue weighted by Gasteiger charge is -2.08. The number of H-pyrrole nitrogens is 1. The van der Waals surface area contributed by atoms with Gasteiger partial charge in [0, 0.05) is 0 Å². The van der Waals surface area contributed by atoms with Crippen LogP contribution in [0.4, 0.5) is 11.6 Å². The quantitative estimate of drug-likeness (QED) is 0.562. The highest BCUT2D eigenvalue weighted by atomic mass is 16.6. The molecule has 2 heterocycles. The normalized spacial score (nSPS) is 12.1. The molecule has 17 heavy (non-hydrogen) atoms. The zero-order valence-corrected chi connectivity index (χ0v) is 8.73. The van der Waals surface area contributed by atoms with E-state index in [-0.39, 0.29) is 17.7 Å². The molecule has 0 bridgehead atoms. The Balaban J connectivity index is 2.06. The minimum absolute atomic E-state index is 0.164. The first-order chi connectivity index (χ1) is 8.16. The van der Waals surface area contributed by atoms with Crippen LogP contribution in [-0.4, -0.2) is 35.5 Å². The van der Waals surface area contributed by atoms with Gasteiger partial charge in [0.05, 0.1) is 11.0 Å². The smallest absolute Gasteiger partial charge is 0.305 e. The molecular formula is C7H8N8O2. The van der Waals surface area contributed by atoms with Crippen LogP contribution in [0.15, 0.2) is 12.4 Å². The van der Waals surface area contributed by atoms with E-state index < -0.39 is 4.92 Å². The van der Waals surface area contributed by atoms with E-state index in [4.69, 9.17) is 0 Å². The topological polar surface area (TPSA) is 135 Å². The van der Waals surface area contributed by atoms with Gasteiger partial charge in [-0.05, 0) is 6.92 Å². The molecule has 0 saturated heterocycles. The minimum atomic E-state index is -0.563. The predicted octanol–water partition coefficient (Wildman–Crippen LogP) is 0.0710. The Labute approximate surface area is 94.6 Å². The molecule has 1 unspecified atom stereocenters. The number of hydrogen-bond donors (Lipinski definition) is 2. The molecule has 2 aromatic rings. The van der Waals surface area contributed by atoms with Crippen molar-refractivity contribution in [3.05, 3.63) is 28.3 Å². The first-order valence-electron chi connectivity index (χ1n) is 4.63. The van der Waals surface area contributed by atoms with Crippen molar-refractivity contribution >= 4 is 11.6 Å². The van der Waals surface area contributed by atoms with Gasteiger partial charge in [-0.2, -0.15) is 5.21 Å². The Kier molecular flexibility index (Phi) is 2.85. The summed E-state index contributed by atoms with van der Waals surface area (Å²) in [7, 11) is 0. The molecular weight excluding hydrogens is 228 g/mol. The molecule has 0 amide bonds. The van der Waals surface area contributed by atoms with Crippen LogP contribution in [0.5, 0.6) is 0 Å². The van der Waals surface area contributed by atoms with E-state index in [0.29, 0.717) is 5.82 Å². The molecule has 0 spiro atoms. The number of hydrogen-bond acceptors (Lipinski definition) is 8. The van der Waals surface area contributed by atoms with E-state index in [1.54, 1.807) is 6.92 Å². The van der Waals surface area contributed by atoms with Gasteiger partial charge < -0.3 is 5.32 Å². The fourth-order valence-corrected chi connectivity index (χ4v) is 1.10. The zero-order valence-electron chi connectivity index (χ0n) is 8.73. The van der Waals surface area contributed by atoms with Crippen molar-refractivity contribution < 1.29 is 4.92 Å². The van der Waals surface area contributed by atoms with Gasteiger partial charge in [0.15, 0.2) is 5.82 Å². The summed E-state index contributed by atoms with van der Waals surface area (Å²) in [5, 5.41) is 26.6. The lowest BCUT2D eigenvalue weighted by Crippen LogP contribution is -2.11. The summed E-state index contributed by atoms with van der Waals surface area (Å²) in [6.45, 7) is 1.79. The first-order valence-corrected chi connectivity index (χ1v) is 4.63. The van der Waals surface area contributed by atoms with Gasteiger partial charge in [0.2, 0.25) is 5.95 Å². The fourth-order valence-electron chi connectivity index (χ4n) is 1.10. The summed E-state index contributed by atoms with van der Waals surface area (Å²) in [6, 6.07) is -0.254. The summed E-state index contributed by atoms with van der Waals surface area (Å²) in [6.07, 6.45) is 2.25. The van der Waals surface area contributed by atoms with Crippen LogP contribution >= 0.6 is 0 Å². The standard InChI is InChI=1S/C7H8N8O2/c1-4(6-11-13-14-12-6)10-7-8-2-5(3-9-7)15(16)17/h2-4H,1H3,(H,8,9,10)(H,11,12,13,14). The second-order valence-corrected chi connectivity index (χ2v) is 3.16. The Bertz CT molecular complexity index is 495. The first kappa shape index (κ1) is 10.9. The van der Waals surface area contributed by atoms with Gasteiger partial charge >= 0.3 is 5.69 Å². The number of rotatable bonds is 4. The molecule has 0 aliphatic carbocycles. The molecule has 0 aliphatic rings. The maximum Gasteiger partial charge on any atom is 0.305 e. The Morgan fingerprint density at radius 2 is 2.18 bits per heavy atom. The summed E-state index contributed by atoms with van der Waals surface area (Å²) < 4.78 is 0. The largest absolute Gasteiger partial charge is 0.344 e. The van der Waals surface area contributed by atoms with Crippen molar-refractivity contribution in [2.75, 3.05) is 5.32 Å². The summed E-state index contributed by atoms with van der Waals surface area (Å²) >= 11 is 0. The van der Waals surface area contributed by atoms with Crippen LogP contribution in [0.3, 0.4) is 0 Å². The monoisotopic (exact) mass is 236 g/mol. The highest BCUT2D eigenvalue weighted by Crippen LogP contribution is 2.13. The van der Waals surface area contributed by atoms with E-state index >= 15 is 0 Å².